The lowest BCUT2D eigenvalue weighted by Crippen LogP contribution is -2.18. The lowest BCUT2D eigenvalue weighted by molar-refractivity contribution is 0.120. The monoisotopic (exact) mass is 280 g/mol. The molecule has 3 rings (SSSR count). The topological polar surface area (TPSA) is 34.1 Å². The molecule has 0 spiro atoms. The van der Waals surface area contributed by atoms with Crippen molar-refractivity contribution in [2.45, 2.75) is 25.9 Å². The van der Waals surface area contributed by atoms with Crippen LogP contribution in [0.3, 0.4) is 0 Å². The molecule has 1 fully saturated rings. The van der Waals surface area contributed by atoms with Crippen LogP contribution in [-0.4, -0.2) is 24.2 Å². The van der Waals surface area contributed by atoms with Gasteiger partial charge in [-0.3, -0.25) is 0 Å². The van der Waals surface area contributed by atoms with Crippen molar-refractivity contribution in [3.63, 3.8) is 0 Å². The van der Waals surface area contributed by atoms with Gasteiger partial charge in [0.05, 0.1) is 16.7 Å². The van der Waals surface area contributed by atoms with Gasteiger partial charge in [-0.05, 0) is 31.9 Å². The van der Waals surface area contributed by atoms with E-state index in [0.717, 1.165) is 30.4 Å². The Bertz CT molecular complexity index is 515. The molecule has 96 valence electrons. The minimum absolute atomic E-state index is 0.362. The number of nitrogens with zero attached hydrogens (tertiary/aromatic N) is 1. The van der Waals surface area contributed by atoms with Crippen LogP contribution in [0.5, 0.6) is 0 Å². The highest BCUT2D eigenvalue weighted by Crippen LogP contribution is 2.30. The standard InChI is InChI=1S/C13H16N2OS2/c1-9-4-5-12(18-9)11-8-17-13(15-11)14-7-10-3-2-6-16-10/h4-5,8,10H,2-3,6-7H2,1H3,(H,14,15)/t10-/m1/s1. The lowest BCUT2D eigenvalue weighted by Gasteiger charge is -2.08. The highest BCUT2D eigenvalue weighted by atomic mass is 32.1. The van der Waals surface area contributed by atoms with Crippen molar-refractivity contribution in [2.24, 2.45) is 0 Å². The summed E-state index contributed by atoms with van der Waals surface area (Å²) < 4.78 is 5.59. The zero-order chi connectivity index (χ0) is 12.4. The third-order valence-corrected chi connectivity index (χ3v) is 4.83. The van der Waals surface area contributed by atoms with Gasteiger partial charge in [0.15, 0.2) is 5.13 Å². The van der Waals surface area contributed by atoms with Crippen molar-refractivity contribution in [1.29, 1.82) is 0 Å². The van der Waals surface area contributed by atoms with E-state index in [2.05, 4.69) is 34.7 Å². The van der Waals surface area contributed by atoms with Crippen LogP contribution in [0.4, 0.5) is 5.13 Å². The zero-order valence-electron chi connectivity index (χ0n) is 10.3. The average molecular weight is 280 g/mol. The van der Waals surface area contributed by atoms with Gasteiger partial charge in [-0.2, -0.15) is 0 Å². The predicted octanol–water partition coefficient (Wildman–Crippen LogP) is 3.77. The van der Waals surface area contributed by atoms with E-state index in [1.165, 1.54) is 16.2 Å². The van der Waals surface area contributed by atoms with Crippen LogP contribution in [0.15, 0.2) is 17.5 Å². The zero-order valence-corrected chi connectivity index (χ0v) is 11.9. The molecule has 1 aliphatic heterocycles. The molecular formula is C13H16N2OS2. The molecule has 2 aromatic heterocycles. The summed E-state index contributed by atoms with van der Waals surface area (Å²) in [6, 6.07) is 4.28. The molecule has 18 heavy (non-hydrogen) atoms. The summed E-state index contributed by atoms with van der Waals surface area (Å²) in [5.41, 5.74) is 1.08. The van der Waals surface area contributed by atoms with Gasteiger partial charge in [0.25, 0.3) is 0 Å². The van der Waals surface area contributed by atoms with E-state index >= 15 is 0 Å². The van der Waals surface area contributed by atoms with Crippen molar-refractivity contribution < 1.29 is 4.74 Å². The van der Waals surface area contributed by atoms with Crippen LogP contribution < -0.4 is 5.32 Å². The second-order valence-electron chi connectivity index (χ2n) is 4.46. The number of thiophene rings is 1. The molecule has 1 N–H and O–H groups in total. The number of hydrogen-bond acceptors (Lipinski definition) is 5. The fourth-order valence-corrected chi connectivity index (χ4v) is 3.67. The maximum atomic E-state index is 5.59. The maximum absolute atomic E-state index is 5.59. The molecule has 1 aliphatic rings. The Kier molecular flexibility index (Phi) is 3.63. The molecule has 0 saturated carbocycles. The number of aromatic nitrogens is 1. The minimum atomic E-state index is 0.362. The van der Waals surface area contributed by atoms with Crippen LogP contribution in [0, 0.1) is 6.92 Å². The molecule has 0 aliphatic carbocycles. The van der Waals surface area contributed by atoms with E-state index in [9.17, 15) is 0 Å². The van der Waals surface area contributed by atoms with Gasteiger partial charge in [0.2, 0.25) is 0 Å². The number of hydrogen-bond donors (Lipinski definition) is 1. The van der Waals surface area contributed by atoms with Crippen LogP contribution in [0.25, 0.3) is 10.6 Å². The number of aryl methyl sites for hydroxylation is 1. The third-order valence-electron chi connectivity index (χ3n) is 3.00. The number of rotatable bonds is 4. The Labute approximate surface area is 115 Å². The number of nitrogens with one attached hydrogen (secondary N) is 1. The van der Waals surface area contributed by atoms with E-state index in [1.54, 1.807) is 22.7 Å². The first-order valence-corrected chi connectivity index (χ1v) is 7.89. The first-order chi connectivity index (χ1) is 8.81. The fourth-order valence-electron chi connectivity index (χ4n) is 2.05. The summed E-state index contributed by atoms with van der Waals surface area (Å²) >= 11 is 3.46. The lowest BCUT2D eigenvalue weighted by atomic mass is 10.2. The fraction of sp³-hybridized carbons (Fsp3) is 0.462. The molecule has 0 radical (unpaired) electrons. The highest BCUT2D eigenvalue weighted by Gasteiger charge is 2.15. The smallest absolute Gasteiger partial charge is 0.183 e. The number of thiazole rings is 1. The molecule has 5 heteroatoms. The average Bonchev–Trinajstić information content (AvgIpc) is 3.07. The molecule has 1 atom stereocenters. The number of anilines is 1. The van der Waals surface area contributed by atoms with Crippen molar-refractivity contribution in [3.05, 3.63) is 22.4 Å². The first-order valence-electron chi connectivity index (χ1n) is 6.19. The van der Waals surface area contributed by atoms with Crippen LogP contribution >= 0.6 is 22.7 Å². The highest BCUT2D eigenvalue weighted by molar-refractivity contribution is 7.16. The Morgan fingerprint density at radius 2 is 2.44 bits per heavy atom. The van der Waals surface area contributed by atoms with Gasteiger partial charge in [0, 0.05) is 23.4 Å². The molecule has 0 unspecified atom stereocenters. The number of ether oxygens (including phenoxy) is 1. The van der Waals surface area contributed by atoms with Crippen LogP contribution in [0.1, 0.15) is 17.7 Å². The van der Waals surface area contributed by atoms with Crippen molar-refractivity contribution >= 4 is 27.8 Å². The molecule has 1 saturated heterocycles. The Balaban J connectivity index is 1.62. The maximum Gasteiger partial charge on any atom is 0.183 e. The molecule has 0 amide bonds. The van der Waals surface area contributed by atoms with Crippen LogP contribution in [-0.2, 0) is 4.74 Å². The van der Waals surface area contributed by atoms with Gasteiger partial charge < -0.3 is 10.1 Å². The summed E-state index contributed by atoms with van der Waals surface area (Å²) in [7, 11) is 0. The second-order valence-corrected chi connectivity index (χ2v) is 6.61. The van der Waals surface area contributed by atoms with E-state index in [1.807, 2.05) is 0 Å². The van der Waals surface area contributed by atoms with Crippen molar-refractivity contribution in [2.75, 3.05) is 18.5 Å². The Morgan fingerprint density at radius 3 is 3.17 bits per heavy atom. The SMILES string of the molecule is Cc1ccc(-c2csc(NC[C@H]3CCCO3)n2)s1. The van der Waals surface area contributed by atoms with Gasteiger partial charge in [-0.15, -0.1) is 22.7 Å². The summed E-state index contributed by atoms with van der Waals surface area (Å²) in [4.78, 5) is 7.19. The molecule has 3 heterocycles. The quantitative estimate of drug-likeness (QED) is 0.925. The predicted molar refractivity (Wildman–Crippen MR) is 77.6 cm³/mol. The van der Waals surface area contributed by atoms with Gasteiger partial charge in [0.1, 0.15) is 0 Å². The van der Waals surface area contributed by atoms with Gasteiger partial charge in [-0.1, -0.05) is 0 Å². The molecule has 2 aromatic rings. The summed E-state index contributed by atoms with van der Waals surface area (Å²) in [5, 5.41) is 6.48. The molecule has 0 aromatic carbocycles. The van der Waals surface area contributed by atoms with Crippen molar-refractivity contribution in [3.8, 4) is 10.6 Å². The molecular weight excluding hydrogens is 264 g/mol. The largest absolute Gasteiger partial charge is 0.376 e. The third kappa shape index (κ3) is 2.74. The minimum Gasteiger partial charge on any atom is -0.376 e. The normalized spacial score (nSPS) is 19.3. The van der Waals surface area contributed by atoms with Crippen LogP contribution in [0.2, 0.25) is 0 Å². The van der Waals surface area contributed by atoms with E-state index in [0.29, 0.717) is 6.10 Å². The van der Waals surface area contributed by atoms with E-state index < -0.39 is 0 Å². The summed E-state index contributed by atoms with van der Waals surface area (Å²) in [5.74, 6) is 0. The first kappa shape index (κ1) is 12.1. The summed E-state index contributed by atoms with van der Waals surface area (Å²) in [6.07, 6.45) is 2.71. The van der Waals surface area contributed by atoms with Gasteiger partial charge >= 0.3 is 0 Å². The Morgan fingerprint density at radius 1 is 1.50 bits per heavy atom. The Hall–Kier alpha value is -0.910. The van der Waals surface area contributed by atoms with E-state index in [4.69, 9.17) is 4.74 Å². The van der Waals surface area contributed by atoms with Crippen molar-refractivity contribution in [1.82, 2.24) is 4.98 Å². The molecule has 3 nitrogen and oxygen atoms in total. The summed E-state index contributed by atoms with van der Waals surface area (Å²) in [6.45, 7) is 3.90. The van der Waals surface area contributed by atoms with Gasteiger partial charge in [-0.25, -0.2) is 4.98 Å². The second kappa shape index (κ2) is 5.38. The van der Waals surface area contributed by atoms with E-state index in [-0.39, 0.29) is 0 Å². The molecule has 0 bridgehead atoms.